The standard InChI is InChI=1S/C28H32N6/c1-17(29-2)27-32-23-6-3-5-21-15-20(12-13-22(21)26(23)34-27)18-8-10-19(11-9-18)25-16-31-28(33-25)24-7-4-14-30-24/h8-13,15-17,24,29-30H,3-7,14H2,1-2H3,(H,31,33)(H,32,34). The van der Waals surface area contributed by atoms with Crippen LogP contribution in [0.25, 0.3) is 33.6 Å². The van der Waals surface area contributed by atoms with E-state index in [-0.39, 0.29) is 6.04 Å². The summed E-state index contributed by atoms with van der Waals surface area (Å²) in [5, 5.41) is 6.80. The minimum absolute atomic E-state index is 0.216. The van der Waals surface area contributed by atoms with Crippen molar-refractivity contribution in [2.75, 3.05) is 13.6 Å². The van der Waals surface area contributed by atoms with Gasteiger partial charge in [0.15, 0.2) is 0 Å². The lowest BCUT2D eigenvalue weighted by atomic mass is 9.95. The van der Waals surface area contributed by atoms with Gasteiger partial charge in [-0.15, -0.1) is 0 Å². The van der Waals surface area contributed by atoms with Gasteiger partial charge in [-0.3, -0.25) is 0 Å². The van der Waals surface area contributed by atoms with E-state index in [1.165, 1.54) is 39.9 Å². The van der Waals surface area contributed by atoms with E-state index >= 15 is 0 Å². The van der Waals surface area contributed by atoms with Crippen LogP contribution >= 0.6 is 0 Å². The Kier molecular flexibility index (Phi) is 5.55. The number of hydrogen-bond acceptors (Lipinski definition) is 4. The summed E-state index contributed by atoms with van der Waals surface area (Å²) in [5.41, 5.74) is 9.78. The zero-order valence-corrected chi connectivity index (χ0v) is 19.9. The van der Waals surface area contributed by atoms with E-state index in [1.807, 2.05) is 13.2 Å². The Bertz CT molecular complexity index is 1290. The summed E-state index contributed by atoms with van der Waals surface area (Å²) in [6.07, 6.45) is 7.58. The molecule has 2 aliphatic rings. The van der Waals surface area contributed by atoms with Crippen LogP contribution in [0.2, 0.25) is 0 Å². The lowest BCUT2D eigenvalue weighted by Gasteiger charge is -2.10. The Morgan fingerprint density at radius 3 is 2.59 bits per heavy atom. The molecule has 1 saturated heterocycles. The number of nitrogens with zero attached hydrogens (tertiary/aromatic N) is 2. The van der Waals surface area contributed by atoms with Crippen LogP contribution in [0.15, 0.2) is 48.7 Å². The maximum absolute atomic E-state index is 4.97. The molecule has 6 rings (SSSR count). The van der Waals surface area contributed by atoms with E-state index in [1.54, 1.807) is 0 Å². The number of hydrogen-bond donors (Lipinski definition) is 4. The number of benzene rings is 2. The van der Waals surface area contributed by atoms with Gasteiger partial charge >= 0.3 is 0 Å². The molecule has 2 aromatic heterocycles. The van der Waals surface area contributed by atoms with Crippen molar-refractivity contribution >= 4 is 0 Å². The minimum Gasteiger partial charge on any atom is -0.344 e. The van der Waals surface area contributed by atoms with Gasteiger partial charge in [-0.05, 0) is 74.9 Å². The number of fused-ring (bicyclic) bond motifs is 3. The van der Waals surface area contributed by atoms with Crippen molar-refractivity contribution < 1.29 is 0 Å². The van der Waals surface area contributed by atoms with Gasteiger partial charge in [0.05, 0.1) is 29.7 Å². The molecule has 2 unspecified atom stereocenters. The van der Waals surface area contributed by atoms with Crippen molar-refractivity contribution in [2.45, 2.75) is 51.1 Å². The Hall–Kier alpha value is -3.22. The molecule has 3 heterocycles. The average molecular weight is 453 g/mol. The third-order valence-electron chi connectivity index (χ3n) is 7.39. The molecule has 1 aliphatic heterocycles. The lowest BCUT2D eigenvalue weighted by molar-refractivity contribution is 0.613. The van der Waals surface area contributed by atoms with Crippen molar-refractivity contribution in [3.63, 3.8) is 0 Å². The molecule has 1 fully saturated rings. The van der Waals surface area contributed by atoms with Crippen LogP contribution < -0.4 is 10.6 Å². The Balaban J connectivity index is 1.27. The maximum Gasteiger partial charge on any atom is 0.123 e. The number of aryl methyl sites for hydroxylation is 2. The molecule has 2 atom stereocenters. The van der Waals surface area contributed by atoms with Gasteiger partial charge in [-0.25, -0.2) is 9.97 Å². The van der Waals surface area contributed by atoms with Crippen molar-refractivity contribution in [2.24, 2.45) is 0 Å². The van der Waals surface area contributed by atoms with Gasteiger partial charge in [0.1, 0.15) is 11.6 Å². The Labute approximate surface area is 200 Å². The molecular formula is C28H32N6. The Morgan fingerprint density at radius 1 is 0.971 bits per heavy atom. The molecule has 4 N–H and O–H groups in total. The predicted octanol–water partition coefficient (Wildman–Crippen LogP) is 5.33. The SMILES string of the molecule is CNC(C)c1nc2c([nH]1)CCCc1cc(-c3ccc(-c4cnc(C5CCCN5)[nH]4)cc3)ccc1-2. The smallest absolute Gasteiger partial charge is 0.123 e. The van der Waals surface area contributed by atoms with Crippen molar-refractivity contribution in [3.8, 4) is 33.6 Å². The third-order valence-corrected chi connectivity index (χ3v) is 7.39. The molecule has 6 nitrogen and oxygen atoms in total. The fourth-order valence-corrected chi connectivity index (χ4v) is 5.26. The second-order valence-corrected chi connectivity index (χ2v) is 9.59. The second kappa shape index (κ2) is 8.85. The summed E-state index contributed by atoms with van der Waals surface area (Å²) in [6, 6.07) is 16.2. The molecule has 0 amide bonds. The highest BCUT2D eigenvalue weighted by Gasteiger charge is 2.21. The van der Waals surface area contributed by atoms with E-state index in [2.05, 4.69) is 75.0 Å². The number of aromatic amines is 2. The van der Waals surface area contributed by atoms with E-state index in [4.69, 9.17) is 4.98 Å². The number of H-pyrrole nitrogens is 2. The molecule has 0 radical (unpaired) electrons. The molecular weight excluding hydrogens is 420 g/mol. The van der Waals surface area contributed by atoms with Gasteiger partial charge in [0.2, 0.25) is 0 Å². The first-order valence-electron chi connectivity index (χ1n) is 12.5. The molecule has 1 aliphatic carbocycles. The molecule has 0 saturated carbocycles. The number of nitrogens with one attached hydrogen (secondary N) is 4. The molecule has 2 aromatic carbocycles. The van der Waals surface area contributed by atoms with E-state index in [0.717, 1.165) is 55.3 Å². The molecule has 174 valence electrons. The van der Waals surface area contributed by atoms with E-state index in [9.17, 15) is 0 Å². The van der Waals surface area contributed by atoms with Crippen LogP contribution in [-0.2, 0) is 12.8 Å². The van der Waals surface area contributed by atoms with E-state index < -0.39 is 0 Å². The fraction of sp³-hybridized carbons (Fsp3) is 0.357. The molecule has 0 spiro atoms. The van der Waals surface area contributed by atoms with Crippen LogP contribution in [0.1, 0.15) is 61.2 Å². The number of imidazole rings is 2. The first-order chi connectivity index (χ1) is 16.7. The quantitative estimate of drug-likeness (QED) is 0.330. The van der Waals surface area contributed by atoms with Crippen LogP contribution in [0.5, 0.6) is 0 Å². The first kappa shape index (κ1) is 21.3. The van der Waals surface area contributed by atoms with Gasteiger partial charge in [0, 0.05) is 11.3 Å². The van der Waals surface area contributed by atoms with Gasteiger partial charge < -0.3 is 20.6 Å². The average Bonchev–Trinajstić information content (AvgIpc) is 3.63. The molecule has 4 aromatic rings. The summed E-state index contributed by atoms with van der Waals surface area (Å²) in [5.74, 6) is 2.07. The van der Waals surface area contributed by atoms with Gasteiger partial charge in [-0.2, -0.15) is 0 Å². The molecule has 6 heteroatoms. The monoisotopic (exact) mass is 452 g/mol. The van der Waals surface area contributed by atoms with Crippen molar-refractivity contribution in [3.05, 3.63) is 71.6 Å². The van der Waals surface area contributed by atoms with Crippen LogP contribution in [0.4, 0.5) is 0 Å². The summed E-state index contributed by atoms with van der Waals surface area (Å²) in [7, 11) is 1.97. The first-order valence-corrected chi connectivity index (χ1v) is 12.5. The highest BCUT2D eigenvalue weighted by molar-refractivity contribution is 5.75. The van der Waals surface area contributed by atoms with Gasteiger partial charge in [-0.1, -0.05) is 42.5 Å². The molecule has 0 bridgehead atoms. The van der Waals surface area contributed by atoms with E-state index in [0.29, 0.717) is 6.04 Å². The Morgan fingerprint density at radius 2 is 1.79 bits per heavy atom. The minimum atomic E-state index is 0.216. The lowest BCUT2D eigenvalue weighted by Crippen LogP contribution is -2.14. The fourth-order valence-electron chi connectivity index (χ4n) is 5.26. The zero-order chi connectivity index (χ0) is 23.1. The van der Waals surface area contributed by atoms with Crippen LogP contribution in [-0.4, -0.2) is 33.5 Å². The van der Waals surface area contributed by atoms with Gasteiger partial charge in [0.25, 0.3) is 0 Å². The number of rotatable bonds is 5. The topological polar surface area (TPSA) is 81.4 Å². The summed E-state index contributed by atoms with van der Waals surface area (Å²) < 4.78 is 0. The highest BCUT2D eigenvalue weighted by atomic mass is 15.0. The number of aromatic nitrogens is 4. The maximum atomic E-state index is 4.97. The largest absolute Gasteiger partial charge is 0.344 e. The summed E-state index contributed by atoms with van der Waals surface area (Å²) >= 11 is 0. The van der Waals surface area contributed by atoms with Crippen LogP contribution in [0, 0.1) is 0 Å². The normalized spacial score (nSPS) is 18.4. The summed E-state index contributed by atoms with van der Waals surface area (Å²) in [6.45, 7) is 3.22. The molecule has 34 heavy (non-hydrogen) atoms. The third kappa shape index (κ3) is 3.87. The van der Waals surface area contributed by atoms with Crippen LogP contribution in [0.3, 0.4) is 0 Å². The highest BCUT2D eigenvalue weighted by Crippen LogP contribution is 2.35. The van der Waals surface area contributed by atoms with Crippen molar-refractivity contribution in [1.29, 1.82) is 0 Å². The summed E-state index contributed by atoms with van der Waals surface area (Å²) in [4.78, 5) is 16.7. The predicted molar refractivity (Wildman–Crippen MR) is 137 cm³/mol. The zero-order valence-electron chi connectivity index (χ0n) is 19.9. The second-order valence-electron chi connectivity index (χ2n) is 9.59. The van der Waals surface area contributed by atoms with Crippen molar-refractivity contribution in [1.82, 2.24) is 30.6 Å².